The number of likely N-dealkylation sites (N-methyl/N-ethyl adjacent to an activating group) is 1. The second kappa shape index (κ2) is 13.9. The molecule has 1 aliphatic carbocycles. The Kier molecular flexibility index (Phi) is 11.3. The summed E-state index contributed by atoms with van der Waals surface area (Å²) in [4.78, 5) is 5.35. The number of nitrogens with zero attached hydrogens (tertiary/aromatic N) is 2. The lowest BCUT2D eigenvalue weighted by Crippen LogP contribution is -2.40. The molecule has 1 aromatic carbocycles. The van der Waals surface area contributed by atoms with E-state index in [1.165, 1.54) is 81.0 Å². The standard InChI is InChI=1S/C27H45BrN2O2/c1-4-30(18-19-31-2)25-9-7-22(8-10-25)6-5-15-29-16-13-23(14-17-29)20-24-21-26(32-3)11-12-27(24)28/h11-12,21-23,25H,4-10,13-20H2,1-3H3/t22-,25-. The minimum atomic E-state index is 0.787. The first-order valence-corrected chi connectivity index (χ1v) is 13.7. The highest BCUT2D eigenvalue weighted by molar-refractivity contribution is 9.10. The van der Waals surface area contributed by atoms with Crippen molar-refractivity contribution < 1.29 is 9.47 Å². The molecule has 1 saturated carbocycles. The minimum absolute atomic E-state index is 0.787. The van der Waals surface area contributed by atoms with Gasteiger partial charge in [-0.05, 0) is 120 Å². The van der Waals surface area contributed by atoms with Crippen LogP contribution in [0.4, 0.5) is 0 Å². The summed E-state index contributed by atoms with van der Waals surface area (Å²) in [6.07, 6.45) is 12.2. The maximum atomic E-state index is 5.41. The van der Waals surface area contributed by atoms with Crippen LogP contribution in [-0.2, 0) is 11.2 Å². The monoisotopic (exact) mass is 508 g/mol. The van der Waals surface area contributed by atoms with Crippen molar-refractivity contribution in [3.63, 3.8) is 0 Å². The fraction of sp³-hybridized carbons (Fsp3) is 0.778. The van der Waals surface area contributed by atoms with Crippen LogP contribution < -0.4 is 4.74 Å². The average molecular weight is 510 g/mol. The highest BCUT2D eigenvalue weighted by Gasteiger charge is 2.25. The van der Waals surface area contributed by atoms with E-state index in [1.54, 1.807) is 7.11 Å². The molecule has 1 saturated heterocycles. The van der Waals surface area contributed by atoms with Gasteiger partial charge < -0.3 is 14.4 Å². The topological polar surface area (TPSA) is 24.9 Å². The van der Waals surface area contributed by atoms with Gasteiger partial charge in [0.2, 0.25) is 0 Å². The van der Waals surface area contributed by atoms with E-state index in [-0.39, 0.29) is 0 Å². The third-order valence-electron chi connectivity index (χ3n) is 7.88. The Balaban J connectivity index is 1.30. The Morgan fingerprint density at radius 2 is 1.78 bits per heavy atom. The third kappa shape index (κ3) is 8.00. The Morgan fingerprint density at radius 3 is 2.44 bits per heavy atom. The van der Waals surface area contributed by atoms with Gasteiger partial charge in [-0.1, -0.05) is 22.9 Å². The van der Waals surface area contributed by atoms with Crippen LogP contribution in [0.1, 0.15) is 63.9 Å². The molecule has 0 spiro atoms. The first-order valence-electron chi connectivity index (χ1n) is 12.9. The van der Waals surface area contributed by atoms with Crippen LogP contribution in [0.25, 0.3) is 0 Å². The molecule has 1 aliphatic heterocycles. The lowest BCUT2D eigenvalue weighted by Gasteiger charge is -2.37. The third-order valence-corrected chi connectivity index (χ3v) is 8.65. The first kappa shape index (κ1) is 26.0. The van der Waals surface area contributed by atoms with Crippen molar-refractivity contribution in [2.45, 2.75) is 70.8 Å². The highest BCUT2D eigenvalue weighted by Crippen LogP contribution is 2.31. The van der Waals surface area contributed by atoms with Crippen molar-refractivity contribution in [3.8, 4) is 5.75 Å². The molecule has 1 heterocycles. The summed E-state index contributed by atoms with van der Waals surface area (Å²) in [5, 5.41) is 0. The molecule has 0 amide bonds. The van der Waals surface area contributed by atoms with E-state index < -0.39 is 0 Å². The predicted octanol–water partition coefficient (Wildman–Crippen LogP) is 6.02. The van der Waals surface area contributed by atoms with E-state index in [0.29, 0.717) is 0 Å². The molecule has 32 heavy (non-hydrogen) atoms. The van der Waals surface area contributed by atoms with Crippen LogP contribution in [0.3, 0.4) is 0 Å². The van der Waals surface area contributed by atoms with E-state index in [9.17, 15) is 0 Å². The molecule has 4 nitrogen and oxygen atoms in total. The minimum Gasteiger partial charge on any atom is -0.497 e. The average Bonchev–Trinajstić information content (AvgIpc) is 2.83. The molecule has 0 N–H and O–H groups in total. The molecule has 1 aromatic rings. The number of likely N-dealkylation sites (tertiary alicyclic amines) is 1. The molecular formula is C27H45BrN2O2. The van der Waals surface area contributed by atoms with Crippen molar-refractivity contribution in [1.82, 2.24) is 9.80 Å². The number of piperidine rings is 1. The van der Waals surface area contributed by atoms with E-state index in [1.807, 2.05) is 13.2 Å². The smallest absolute Gasteiger partial charge is 0.119 e. The summed E-state index contributed by atoms with van der Waals surface area (Å²) >= 11 is 3.72. The summed E-state index contributed by atoms with van der Waals surface area (Å²) in [6, 6.07) is 7.14. The molecule has 0 atom stereocenters. The van der Waals surface area contributed by atoms with Crippen molar-refractivity contribution in [3.05, 3.63) is 28.2 Å². The van der Waals surface area contributed by atoms with Crippen LogP contribution in [0.15, 0.2) is 22.7 Å². The summed E-state index contributed by atoms with van der Waals surface area (Å²) in [5.74, 6) is 2.71. The quantitative estimate of drug-likeness (QED) is 0.344. The number of ether oxygens (including phenoxy) is 2. The second-order valence-electron chi connectivity index (χ2n) is 9.88. The van der Waals surface area contributed by atoms with Gasteiger partial charge in [-0.15, -0.1) is 0 Å². The zero-order chi connectivity index (χ0) is 22.8. The largest absolute Gasteiger partial charge is 0.497 e. The number of halogens is 1. The summed E-state index contributed by atoms with van der Waals surface area (Å²) in [5.41, 5.74) is 1.39. The molecule has 0 radical (unpaired) electrons. The van der Waals surface area contributed by atoms with E-state index in [2.05, 4.69) is 44.8 Å². The number of hydrogen-bond acceptors (Lipinski definition) is 4. The Bertz CT molecular complexity index is 655. The number of methoxy groups -OCH3 is 2. The van der Waals surface area contributed by atoms with Gasteiger partial charge in [0.15, 0.2) is 0 Å². The second-order valence-corrected chi connectivity index (χ2v) is 10.7. The fourth-order valence-corrected chi connectivity index (χ4v) is 6.18. The van der Waals surface area contributed by atoms with E-state index in [4.69, 9.17) is 9.47 Å². The van der Waals surface area contributed by atoms with Gasteiger partial charge in [-0.2, -0.15) is 0 Å². The molecule has 182 valence electrons. The summed E-state index contributed by atoms with van der Waals surface area (Å²) in [6.45, 7) is 9.23. The fourth-order valence-electron chi connectivity index (χ4n) is 5.77. The molecule has 3 rings (SSSR count). The van der Waals surface area contributed by atoms with E-state index in [0.717, 1.165) is 49.7 Å². The highest BCUT2D eigenvalue weighted by atomic mass is 79.9. The van der Waals surface area contributed by atoms with Gasteiger partial charge in [0.1, 0.15) is 5.75 Å². The first-order chi connectivity index (χ1) is 15.6. The normalized spacial score (nSPS) is 23.0. The zero-order valence-electron chi connectivity index (χ0n) is 20.7. The lowest BCUT2D eigenvalue weighted by molar-refractivity contribution is 0.0947. The summed E-state index contributed by atoms with van der Waals surface area (Å²) in [7, 11) is 3.56. The maximum Gasteiger partial charge on any atom is 0.119 e. The van der Waals surface area contributed by atoms with Crippen LogP contribution in [0, 0.1) is 11.8 Å². The molecule has 2 fully saturated rings. The van der Waals surface area contributed by atoms with Crippen LogP contribution in [0.5, 0.6) is 5.75 Å². The van der Waals surface area contributed by atoms with Gasteiger partial charge in [-0.25, -0.2) is 0 Å². The lowest BCUT2D eigenvalue weighted by atomic mass is 9.82. The SMILES string of the molecule is CCN(CCOC)[C@H]1CC[C@H](CCCN2CCC(Cc3cc(OC)ccc3Br)CC2)CC1. The van der Waals surface area contributed by atoms with Gasteiger partial charge in [0.05, 0.1) is 13.7 Å². The molecule has 0 unspecified atom stereocenters. The molecule has 5 heteroatoms. The van der Waals surface area contributed by atoms with Gasteiger partial charge >= 0.3 is 0 Å². The van der Waals surface area contributed by atoms with Gasteiger partial charge in [-0.3, -0.25) is 4.90 Å². The van der Waals surface area contributed by atoms with Crippen molar-refractivity contribution in [2.75, 3.05) is 53.6 Å². The predicted molar refractivity (Wildman–Crippen MR) is 138 cm³/mol. The van der Waals surface area contributed by atoms with Crippen molar-refractivity contribution >= 4 is 15.9 Å². The van der Waals surface area contributed by atoms with Crippen LogP contribution >= 0.6 is 15.9 Å². The molecule has 0 bridgehead atoms. The van der Waals surface area contributed by atoms with Crippen LogP contribution in [0.2, 0.25) is 0 Å². The van der Waals surface area contributed by atoms with Gasteiger partial charge in [0.25, 0.3) is 0 Å². The Labute approximate surface area is 205 Å². The molecule has 2 aliphatic rings. The van der Waals surface area contributed by atoms with Gasteiger partial charge in [0, 0.05) is 24.2 Å². The molecular weight excluding hydrogens is 464 g/mol. The van der Waals surface area contributed by atoms with Crippen molar-refractivity contribution in [2.24, 2.45) is 11.8 Å². The van der Waals surface area contributed by atoms with Crippen molar-refractivity contribution in [1.29, 1.82) is 0 Å². The van der Waals surface area contributed by atoms with E-state index >= 15 is 0 Å². The molecule has 0 aromatic heterocycles. The number of hydrogen-bond donors (Lipinski definition) is 0. The Morgan fingerprint density at radius 1 is 1.03 bits per heavy atom. The van der Waals surface area contributed by atoms with Crippen LogP contribution in [-0.4, -0.2) is 69.4 Å². The zero-order valence-corrected chi connectivity index (χ0v) is 22.2. The Hall–Kier alpha value is -0.620. The summed E-state index contributed by atoms with van der Waals surface area (Å²) < 4.78 is 11.9. The maximum absolute atomic E-state index is 5.41. The number of benzene rings is 1. The number of rotatable bonds is 12.